The maximum Gasteiger partial charge on any atom is 0.192 e. The van der Waals surface area contributed by atoms with E-state index in [1.54, 1.807) is 0 Å². The highest BCUT2D eigenvalue weighted by molar-refractivity contribution is 5.80. The Kier molecular flexibility index (Phi) is 5.79. The Balaban J connectivity index is 1.36. The van der Waals surface area contributed by atoms with E-state index in [0.717, 1.165) is 54.5 Å². The maximum absolute atomic E-state index is 6.52. The highest BCUT2D eigenvalue weighted by atomic mass is 16.5. The first-order valence-corrected chi connectivity index (χ1v) is 11.5. The molecule has 1 aliphatic heterocycles. The van der Waals surface area contributed by atoms with E-state index in [1.807, 2.05) is 12.1 Å². The van der Waals surface area contributed by atoms with E-state index < -0.39 is 0 Å². The monoisotopic (exact) mass is 430 g/mol. The van der Waals surface area contributed by atoms with E-state index in [-0.39, 0.29) is 11.6 Å². The lowest BCUT2D eigenvalue weighted by Gasteiger charge is -2.40. The van der Waals surface area contributed by atoms with Crippen LogP contribution in [0, 0.1) is 0 Å². The van der Waals surface area contributed by atoms with E-state index in [4.69, 9.17) is 9.73 Å². The molecule has 1 aromatic heterocycles. The van der Waals surface area contributed by atoms with Crippen molar-refractivity contribution in [3.05, 3.63) is 66.0 Å². The zero-order chi connectivity index (χ0) is 21.8. The van der Waals surface area contributed by atoms with E-state index >= 15 is 0 Å². The maximum atomic E-state index is 6.52. The van der Waals surface area contributed by atoms with Crippen molar-refractivity contribution < 1.29 is 4.74 Å². The van der Waals surface area contributed by atoms with Crippen LogP contribution in [0.5, 0.6) is 5.75 Å². The van der Waals surface area contributed by atoms with Crippen LogP contribution in [-0.2, 0) is 6.54 Å². The molecule has 32 heavy (non-hydrogen) atoms. The number of aliphatic imine (C=N–C) groups is 1. The van der Waals surface area contributed by atoms with Crippen LogP contribution in [0.15, 0.2) is 59.9 Å². The van der Waals surface area contributed by atoms with Crippen LogP contribution in [0.25, 0.3) is 11.4 Å². The van der Waals surface area contributed by atoms with Gasteiger partial charge in [-0.2, -0.15) is 5.10 Å². The van der Waals surface area contributed by atoms with Crippen LogP contribution in [0.2, 0.25) is 0 Å². The quantitative estimate of drug-likeness (QED) is 0.413. The second kappa shape index (κ2) is 9.02. The molecule has 0 saturated heterocycles. The minimum absolute atomic E-state index is 0.0469. The van der Waals surface area contributed by atoms with Crippen molar-refractivity contribution in [2.45, 2.75) is 57.2 Å². The normalized spacial score (nSPS) is 19.4. The van der Waals surface area contributed by atoms with Gasteiger partial charge in [0.05, 0.1) is 12.6 Å². The number of aromatic amines is 1. The molecular formula is C25H30N6O. The van der Waals surface area contributed by atoms with Crippen LogP contribution in [0.4, 0.5) is 0 Å². The third kappa shape index (κ3) is 4.33. The Morgan fingerprint density at radius 2 is 2.06 bits per heavy atom. The topological polar surface area (TPSA) is 87.2 Å². The summed E-state index contributed by atoms with van der Waals surface area (Å²) in [5.41, 5.74) is 3.29. The van der Waals surface area contributed by atoms with E-state index in [2.05, 4.69) is 69.1 Å². The first-order valence-electron chi connectivity index (χ1n) is 11.5. The smallest absolute Gasteiger partial charge is 0.192 e. The minimum Gasteiger partial charge on any atom is -0.487 e. The minimum atomic E-state index is -0.0469. The van der Waals surface area contributed by atoms with Gasteiger partial charge in [0.25, 0.3) is 0 Å². The molecule has 1 aliphatic carbocycles. The van der Waals surface area contributed by atoms with Gasteiger partial charge in [0.2, 0.25) is 0 Å². The Hall–Kier alpha value is -3.35. The fraction of sp³-hybridized carbons (Fsp3) is 0.400. The summed E-state index contributed by atoms with van der Waals surface area (Å²) in [5.74, 6) is 2.60. The second-order valence-corrected chi connectivity index (χ2v) is 8.66. The molecule has 0 radical (unpaired) electrons. The van der Waals surface area contributed by atoms with Crippen molar-refractivity contribution in [2.75, 3.05) is 6.54 Å². The summed E-state index contributed by atoms with van der Waals surface area (Å²) in [6, 6.07) is 16.8. The number of nitrogens with zero attached hydrogens (tertiary/aromatic N) is 3. The van der Waals surface area contributed by atoms with Gasteiger partial charge >= 0.3 is 0 Å². The molecule has 0 bridgehead atoms. The van der Waals surface area contributed by atoms with Crippen molar-refractivity contribution in [3.63, 3.8) is 0 Å². The third-order valence-electron chi connectivity index (χ3n) is 6.40. The number of para-hydroxylation sites is 1. The van der Waals surface area contributed by atoms with Crippen LogP contribution in [0.1, 0.15) is 56.2 Å². The Morgan fingerprint density at radius 1 is 1.19 bits per heavy atom. The number of nitrogens with one attached hydrogen (secondary N) is 3. The van der Waals surface area contributed by atoms with Crippen molar-refractivity contribution >= 4 is 5.96 Å². The lowest BCUT2D eigenvalue weighted by Crippen LogP contribution is -2.46. The molecule has 166 valence electrons. The van der Waals surface area contributed by atoms with Crippen LogP contribution < -0.4 is 15.4 Å². The fourth-order valence-electron chi connectivity index (χ4n) is 4.89. The average molecular weight is 431 g/mol. The van der Waals surface area contributed by atoms with E-state index in [9.17, 15) is 0 Å². The van der Waals surface area contributed by atoms with Crippen molar-refractivity contribution in [3.8, 4) is 17.1 Å². The molecule has 2 heterocycles. The molecule has 3 N–H and O–H groups in total. The van der Waals surface area contributed by atoms with Gasteiger partial charge < -0.3 is 15.4 Å². The number of H-pyrrole nitrogens is 1. The molecule has 1 fully saturated rings. The fourth-order valence-corrected chi connectivity index (χ4v) is 4.89. The molecule has 7 nitrogen and oxygen atoms in total. The highest BCUT2D eigenvalue weighted by Crippen LogP contribution is 2.46. The predicted molar refractivity (Wildman–Crippen MR) is 125 cm³/mol. The highest BCUT2D eigenvalue weighted by Gasteiger charge is 2.43. The molecule has 7 heteroatoms. The van der Waals surface area contributed by atoms with Crippen molar-refractivity contribution in [1.82, 2.24) is 25.8 Å². The van der Waals surface area contributed by atoms with Gasteiger partial charge in [-0.05, 0) is 50.3 Å². The number of guanidine groups is 1. The van der Waals surface area contributed by atoms with Gasteiger partial charge in [0.15, 0.2) is 11.8 Å². The number of aromatic nitrogens is 3. The zero-order valence-electron chi connectivity index (χ0n) is 18.5. The molecule has 1 saturated carbocycles. The molecule has 2 aromatic carbocycles. The standard InChI is InChI=1S/C25H30N6O/c1-2-26-24(27-16-18-8-7-9-19(14-18)23-28-17-29-31-23)30-21-15-25(12-5-6-13-25)32-22-11-4-3-10-20(21)22/h3-4,7-11,14,17,21H,2,5-6,12-13,15-16H2,1H3,(H2,26,27,30)(H,28,29,31). The Morgan fingerprint density at radius 3 is 2.88 bits per heavy atom. The Labute approximate surface area is 188 Å². The summed E-state index contributed by atoms with van der Waals surface area (Å²) in [4.78, 5) is 9.14. The Bertz CT molecular complexity index is 1070. The number of benzene rings is 2. The average Bonchev–Trinajstić information content (AvgIpc) is 3.51. The lowest BCUT2D eigenvalue weighted by atomic mass is 9.86. The molecule has 1 spiro atoms. The van der Waals surface area contributed by atoms with Gasteiger partial charge in [-0.1, -0.05) is 36.4 Å². The van der Waals surface area contributed by atoms with Gasteiger partial charge in [0, 0.05) is 24.1 Å². The molecule has 5 rings (SSSR count). The lowest BCUT2D eigenvalue weighted by molar-refractivity contribution is 0.0396. The second-order valence-electron chi connectivity index (χ2n) is 8.66. The number of rotatable bonds is 5. The third-order valence-corrected chi connectivity index (χ3v) is 6.40. The molecule has 0 amide bonds. The van der Waals surface area contributed by atoms with Gasteiger partial charge in [-0.15, -0.1) is 0 Å². The van der Waals surface area contributed by atoms with Gasteiger partial charge in [-0.3, -0.25) is 5.10 Å². The van der Waals surface area contributed by atoms with Crippen LogP contribution in [0.3, 0.4) is 0 Å². The van der Waals surface area contributed by atoms with Crippen LogP contribution >= 0.6 is 0 Å². The summed E-state index contributed by atoms with van der Waals surface area (Å²) in [6.07, 6.45) is 7.23. The van der Waals surface area contributed by atoms with Gasteiger partial charge in [-0.25, -0.2) is 9.98 Å². The molecule has 1 atom stereocenters. The van der Waals surface area contributed by atoms with Crippen molar-refractivity contribution in [1.29, 1.82) is 0 Å². The predicted octanol–water partition coefficient (Wildman–Crippen LogP) is 4.36. The molecule has 2 aliphatic rings. The summed E-state index contributed by atoms with van der Waals surface area (Å²) in [6.45, 7) is 3.48. The number of ether oxygens (including phenoxy) is 1. The largest absolute Gasteiger partial charge is 0.487 e. The van der Waals surface area contributed by atoms with Crippen molar-refractivity contribution in [2.24, 2.45) is 4.99 Å². The van der Waals surface area contributed by atoms with E-state index in [1.165, 1.54) is 24.7 Å². The summed E-state index contributed by atoms with van der Waals surface area (Å²) < 4.78 is 6.52. The van der Waals surface area contributed by atoms with Gasteiger partial charge in [0.1, 0.15) is 17.7 Å². The van der Waals surface area contributed by atoms with Crippen LogP contribution in [-0.4, -0.2) is 33.3 Å². The molecule has 3 aromatic rings. The number of hydrogen-bond donors (Lipinski definition) is 3. The summed E-state index contributed by atoms with van der Waals surface area (Å²) in [7, 11) is 0. The summed E-state index contributed by atoms with van der Waals surface area (Å²) in [5, 5.41) is 14.0. The zero-order valence-corrected chi connectivity index (χ0v) is 18.5. The molecular weight excluding hydrogens is 400 g/mol. The molecule has 1 unspecified atom stereocenters. The SMILES string of the molecule is CCNC(=NCc1cccc(-c2ncn[nH]2)c1)NC1CC2(CCCC2)Oc2ccccc21. The first kappa shape index (κ1) is 20.5. The number of hydrogen-bond acceptors (Lipinski definition) is 4. The number of fused-ring (bicyclic) bond motifs is 1. The van der Waals surface area contributed by atoms with E-state index in [0.29, 0.717) is 6.54 Å². The first-order chi connectivity index (χ1) is 15.7. The summed E-state index contributed by atoms with van der Waals surface area (Å²) >= 11 is 0.